The maximum Gasteiger partial charge on any atom is 0.243 e. The zero-order chi connectivity index (χ0) is 14.2. The van der Waals surface area contributed by atoms with Crippen LogP contribution in [-0.4, -0.2) is 22.3 Å². The van der Waals surface area contributed by atoms with Gasteiger partial charge >= 0.3 is 0 Å². The lowest BCUT2D eigenvalue weighted by Crippen LogP contribution is -2.17. The molecule has 2 N–H and O–H groups in total. The summed E-state index contributed by atoms with van der Waals surface area (Å²) >= 11 is 0. The fourth-order valence-electron chi connectivity index (χ4n) is 3.41. The second kappa shape index (κ2) is 5.24. The molecule has 21 heavy (non-hydrogen) atoms. The minimum atomic E-state index is -0.256. The first kappa shape index (κ1) is 13.0. The zero-order valence-corrected chi connectivity index (χ0v) is 11.8. The number of benzene rings is 1. The zero-order valence-electron chi connectivity index (χ0n) is 11.8. The van der Waals surface area contributed by atoms with Gasteiger partial charge in [-0.3, -0.25) is 0 Å². The lowest BCUT2D eigenvalue weighted by Gasteiger charge is -2.13. The molecule has 4 unspecified atom stereocenters. The predicted octanol–water partition coefficient (Wildman–Crippen LogP) is 2.35. The van der Waals surface area contributed by atoms with Crippen molar-refractivity contribution >= 4 is 0 Å². The van der Waals surface area contributed by atoms with Crippen LogP contribution in [0.5, 0.6) is 0 Å². The SMILES string of the molecule is NC(Cc1ccccc1)c1nc(C2CC3CCC2O3)no1. The third-order valence-electron chi connectivity index (χ3n) is 4.51. The van der Waals surface area contributed by atoms with Gasteiger partial charge in [0.05, 0.1) is 24.2 Å². The Morgan fingerprint density at radius 1 is 1.24 bits per heavy atom. The van der Waals surface area contributed by atoms with Crippen molar-refractivity contribution in [3.8, 4) is 0 Å². The van der Waals surface area contributed by atoms with Gasteiger partial charge in [-0.05, 0) is 31.2 Å². The molecule has 0 amide bonds. The molecule has 3 heterocycles. The van der Waals surface area contributed by atoms with E-state index in [4.69, 9.17) is 15.0 Å². The topological polar surface area (TPSA) is 74.2 Å². The van der Waals surface area contributed by atoms with Gasteiger partial charge in [-0.15, -0.1) is 0 Å². The van der Waals surface area contributed by atoms with Crippen molar-refractivity contribution in [2.24, 2.45) is 5.73 Å². The lowest BCUT2D eigenvalue weighted by molar-refractivity contribution is 0.0996. The Morgan fingerprint density at radius 3 is 2.81 bits per heavy atom. The van der Waals surface area contributed by atoms with Crippen molar-refractivity contribution in [1.29, 1.82) is 0 Å². The molecule has 0 radical (unpaired) electrons. The van der Waals surface area contributed by atoms with Crippen molar-refractivity contribution in [2.75, 3.05) is 0 Å². The number of nitrogens with zero attached hydrogens (tertiary/aromatic N) is 2. The Balaban J connectivity index is 1.47. The summed E-state index contributed by atoms with van der Waals surface area (Å²) in [4.78, 5) is 4.52. The smallest absolute Gasteiger partial charge is 0.243 e. The molecule has 1 aromatic carbocycles. The van der Waals surface area contributed by atoms with E-state index in [1.54, 1.807) is 0 Å². The first-order valence-corrected chi connectivity index (χ1v) is 7.58. The van der Waals surface area contributed by atoms with Crippen LogP contribution in [0.2, 0.25) is 0 Å². The van der Waals surface area contributed by atoms with Gasteiger partial charge in [0.25, 0.3) is 0 Å². The van der Waals surface area contributed by atoms with Crippen LogP contribution in [0.4, 0.5) is 0 Å². The normalized spacial score (nSPS) is 28.9. The fraction of sp³-hybridized carbons (Fsp3) is 0.500. The molecule has 5 heteroatoms. The van der Waals surface area contributed by atoms with E-state index in [9.17, 15) is 0 Å². The fourth-order valence-corrected chi connectivity index (χ4v) is 3.41. The number of hydrogen-bond donors (Lipinski definition) is 1. The molecular weight excluding hydrogens is 266 g/mol. The van der Waals surface area contributed by atoms with Gasteiger partial charge in [-0.2, -0.15) is 4.98 Å². The highest BCUT2D eigenvalue weighted by Crippen LogP contribution is 2.43. The molecular formula is C16H19N3O2. The van der Waals surface area contributed by atoms with Crippen molar-refractivity contribution < 1.29 is 9.26 Å². The average molecular weight is 285 g/mol. The van der Waals surface area contributed by atoms with E-state index < -0.39 is 0 Å². The third kappa shape index (κ3) is 2.47. The van der Waals surface area contributed by atoms with Crippen molar-refractivity contribution in [2.45, 2.75) is 49.9 Å². The van der Waals surface area contributed by atoms with Gasteiger partial charge in [-0.1, -0.05) is 35.5 Å². The largest absolute Gasteiger partial charge is 0.374 e. The van der Waals surface area contributed by atoms with E-state index in [2.05, 4.69) is 22.3 Å². The molecule has 2 saturated heterocycles. The quantitative estimate of drug-likeness (QED) is 0.933. The van der Waals surface area contributed by atoms with Gasteiger partial charge in [0.15, 0.2) is 5.82 Å². The van der Waals surface area contributed by atoms with E-state index in [1.807, 2.05) is 18.2 Å². The summed E-state index contributed by atoms with van der Waals surface area (Å²) in [5, 5.41) is 4.13. The van der Waals surface area contributed by atoms with Gasteiger partial charge < -0.3 is 15.0 Å². The number of ether oxygens (including phenoxy) is 1. The van der Waals surface area contributed by atoms with Crippen LogP contribution in [0, 0.1) is 0 Å². The van der Waals surface area contributed by atoms with Crippen LogP contribution in [0.3, 0.4) is 0 Å². The standard InChI is InChI=1S/C16H19N3O2/c17-13(8-10-4-2-1-3-5-10)16-18-15(19-21-16)12-9-11-6-7-14(12)20-11/h1-5,11-14H,6-9,17H2. The monoisotopic (exact) mass is 285 g/mol. The summed E-state index contributed by atoms with van der Waals surface area (Å²) in [6, 6.07) is 9.87. The van der Waals surface area contributed by atoms with Gasteiger partial charge in [0.2, 0.25) is 5.89 Å². The van der Waals surface area contributed by atoms with E-state index in [0.717, 1.165) is 18.7 Å². The summed E-state index contributed by atoms with van der Waals surface area (Å²) in [6.45, 7) is 0. The summed E-state index contributed by atoms with van der Waals surface area (Å²) in [5.74, 6) is 1.57. The number of rotatable bonds is 4. The molecule has 4 rings (SSSR count). The van der Waals surface area contributed by atoms with Crippen LogP contribution in [0.15, 0.2) is 34.9 Å². The van der Waals surface area contributed by atoms with Gasteiger partial charge in [0.1, 0.15) is 0 Å². The molecule has 5 nitrogen and oxygen atoms in total. The van der Waals surface area contributed by atoms with Crippen LogP contribution in [0.25, 0.3) is 0 Å². The average Bonchev–Trinajstić information content (AvgIpc) is 3.24. The highest BCUT2D eigenvalue weighted by Gasteiger charge is 2.43. The molecule has 1 aromatic heterocycles. The highest BCUT2D eigenvalue weighted by molar-refractivity contribution is 5.17. The first-order chi connectivity index (χ1) is 10.3. The number of nitrogens with two attached hydrogens (primary N) is 1. The molecule has 4 atom stereocenters. The number of fused-ring (bicyclic) bond motifs is 2. The molecule has 2 aliphatic heterocycles. The first-order valence-electron chi connectivity index (χ1n) is 7.58. The van der Waals surface area contributed by atoms with Crippen LogP contribution >= 0.6 is 0 Å². The molecule has 2 aromatic rings. The Hall–Kier alpha value is -1.72. The Labute approximate surface area is 123 Å². The molecule has 2 aliphatic rings. The van der Waals surface area contributed by atoms with E-state index in [0.29, 0.717) is 18.4 Å². The number of hydrogen-bond acceptors (Lipinski definition) is 5. The molecule has 2 bridgehead atoms. The van der Waals surface area contributed by atoms with Crippen LogP contribution < -0.4 is 5.73 Å². The number of aromatic nitrogens is 2. The van der Waals surface area contributed by atoms with Crippen molar-refractivity contribution in [3.05, 3.63) is 47.6 Å². The van der Waals surface area contributed by atoms with E-state index >= 15 is 0 Å². The van der Waals surface area contributed by atoms with Crippen LogP contribution in [0.1, 0.15) is 48.5 Å². The molecule has 110 valence electrons. The summed E-state index contributed by atoms with van der Waals surface area (Å²) in [6.07, 6.45) is 4.65. The van der Waals surface area contributed by atoms with Crippen LogP contribution in [-0.2, 0) is 11.2 Å². The minimum absolute atomic E-state index is 0.256. The van der Waals surface area contributed by atoms with Gasteiger partial charge in [-0.25, -0.2) is 0 Å². The molecule has 0 spiro atoms. The molecule has 2 fully saturated rings. The Bertz CT molecular complexity index is 613. The minimum Gasteiger partial charge on any atom is -0.374 e. The Kier molecular flexibility index (Phi) is 3.24. The maximum absolute atomic E-state index is 6.19. The summed E-state index contributed by atoms with van der Waals surface area (Å²) in [7, 11) is 0. The second-order valence-corrected chi connectivity index (χ2v) is 6.00. The highest BCUT2D eigenvalue weighted by atomic mass is 16.5. The molecule has 0 saturated carbocycles. The summed E-state index contributed by atoms with van der Waals surface area (Å²) < 4.78 is 11.2. The second-order valence-electron chi connectivity index (χ2n) is 6.00. The Morgan fingerprint density at radius 2 is 2.10 bits per heavy atom. The lowest BCUT2D eigenvalue weighted by atomic mass is 9.89. The van der Waals surface area contributed by atoms with E-state index in [1.165, 1.54) is 12.0 Å². The third-order valence-corrected chi connectivity index (χ3v) is 4.51. The maximum atomic E-state index is 6.19. The summed E-state index contributed by atoms with van der Waals surface area (Å²) in [5.41, 5.74) is 7.36. The van der Waals surface area contributed by atoms with Gasteiger partial charge in [0, 0.05) is 0 Å². The van der Waals surface area contributed by atoms with Crippen molar-refractivity contribution in [1.82, 2.24) is 10.1 Å². The molecule has 0 aliphatic carbocycles. The predicted molar refractivity (Wildman–Crippen MR) is 76.6 cm³/mol. The van der Waals surface area contributed by atoms with Crippen molar-refractivity contribution in [3.63, 3.8) is 0 Å². The van der Waals surface area contributed by atoms with E-state index in [-0.39, 0.29) is 18.1 Å².